The van der Waals surface area contributed by atoms with E-state index in [2.05, 4.69) is 0 Å². The number of nitrogens with zero attached hydrogens (tertiary/aromatic N) is 1. The first-order valence-corrected chi connectivity index (χ1v) is 10.1. The quantitative estimate of drug-likeness (QED) is 0.617. The number of aliphatic hydroxyl groups is 1. The summed E-state index contributed by atoms with van der Waals surface area (Å²) < 4.78 is 5.45. The minimum atomic E-state index is -1.07. The molecule has 1 heterocycles. The highest BCUT2D eigenvalue weighted by Gasteiger charge is 2.47. The zero-order valence-corrected chi connectivity index (χ0v) is 18.4. The first kappa shape index (κ1) is 22.5. The van der Waals surface area contributed by atoms with Crippen molar-refractivity contribution in [2.45, 2.75) is 33.7 Å². The second-order valence-corrected chi connectivity index (χ2v) is 8.65. The molecule has 0 fully saturated rings. The van der Waals surface area contributed by atoms with Crippen LogP contribution in [0.5, 0.6) is 17.2 Å². The molecule has 0 spiro atoms. The maximum absolute atomic E-state index is 13.2. The number of carbonyl (C=O) groups excluding carboxylic acids is 2. The van der Waals surface area contributed by atoms with E-state index >= 15 is 0 Å². The van der Waals surface area contributed by atoms with E-state index in [0.29, 0.717) is 5.56 Å². The lowest BCUT2D eigenvalue weighted by molar-refractivity contribution is -0.123. The van der Waals surface area contributed by atoms with Crippen LogP contribution in [0.25, 0.3) is 0 Å². The van der Waals surface area contributed by atoms with Crippen LogP contribution in [0.1, 0.15) is 39.3 Å². The fraction of sp³-hybridized carbons (Fsp3) is 0.304. The van der Waals surface area contributed by atoms with Crippen molar-refractivity contribution in [1.82, 2.24) is 0 Å². The summed E-state index contributed by atoms with van der Waals surface area (Å²) in [5.74, 6) is -2.17. The average molecular weight is 446 g/mol. The van der Waals surface area contributed by atoms with Crippen LogP contribution in [-0.2, 0) is 9.59 Å². The van der Waals surface area contributed by atoms with Crippen LogP contribution < -0.4 is 9.64 Å². The number of carbonyl (C=O) groups is 2. The van der Waals surface area contributed by atoms with Crippen molar-refractivity contribution in [2.75, 3.05) is 11.5 Å². The van der Waals surface area contributed by atoms with Crippen molar-refractivity contribution in [3.63, 3.8) is 0 Å². The summed E-state index contributed by atoms with van der Waals surface area (Å²) in [5, 5.41) is 31.5. The third-order valence-electron chi connectivity index (χ3n) is 4.93. The third-order valence-corrected chi connectivity index (χ3v) is 5.17. The van der Waals surface area contributed by atoms with Crippen LogP contribution in [0.3, 0.4) is 0 Å². The van der Waals surface area contributed by atoms with Crippen molar-refractivity contribution in [3.05, 3.63) is 58.3 Å². The van der Waals surface area contributed by atoms with Crippen molar-refractivity contribution >= 4 is 29.0 Å². The van der Waals surface area contributed by atoms with Gasteiger partial charge in [0.1, 0.15) is 5.75 Å². The van der Waals surface area contributed by atoms with E-state index in [1.165, 1.54) is 36.4 Å². The number of rotatable bonds is 5. The predicted molar refractivity (Wildman–Crippen MR) is 117 cm³/mol. The van der Waals surface area contributed by atoms with Crippen LogP contribution >= 0.6 is 11.6 Å². The Kier molecular flexibility index (Phi) is 5.91. The van der Waals surface area contributed by atoms with Crippen LogP contribution in [0.4, 0.5) is 5.69 Å². The van der Waals surface area contributed by atoms with Crippen LogP contribution in [0, 0.1) is 5.41 Å². The Balaban J connectivity index is 2.27. The zero-order valence-electron chi connectivity index (χ0n) is 17.6. The molecule has 0 aromatic heterocycles. The molecule has 31 heavy (non-hydrogen) atoms. The van der Waals surface area contributed by atoms with E-state index in [0.717, 1.165) is 4.90 Å². The van der Waals surface area contributed by atoms with Gasteiger partial charge >= 0.3 is 0 Å². The van der Waals surface area contributed by atoms with Gasteiger partial charge in [-0.15, -0.1) is 0 Å². The van der Waals surface area contributed by atoms with Crippen LogP contribution in [0.2, 0.25) is 5.02 Å². The molecule has 1 amide bonds. The molecule has 0 radical (unpaired) electrons. The molecule has 1 atom stereocenters. The van der Waals surface area contributed by atoms with Crippen LogP contribution in [0.15, 0.2) is 47.7 Å². The highest BCUT2D eigenvalue weighted by Crippen LogP contribution is 2.47. The number of ether oxygens (including phenoxy) is 1. The number of benzene rings is 2. The number of hydrogen-bond acceptors (Lipinski definition) is 6. The maximum Gasteiger partial charge on any atom is 0.294 e. The van der Waals surface area contributed by atoms with Crippen molar-refractivity contribution in [3.8, 4) is 17.2 Å². The second-order valence-electron chi connectivity index (χ2n) is 8.21. The molecule has 0 bridgehead atoms. The van der Waals surface area contributed by atoms with Crippen molar-refractivity contribution < 1.29 is 29.6 Å². The van der Waals surface area contributed by atoms with Gasteiger partial charge in [0.15, 0.2) is 23.0 Å². The molecule has 7 nitrogen and oxygen atoms in total. The Morgan fingerprint density at radius 2 is 1.74 bits per heavy atom. The van der Waals surface area contributed by atoms with Gasteiger partial charge in [-0.2, -0.15) is 0 Å². The molecule has 0 saturated heterocycles. The molecule has 2 aromatic carbocycles. The Hall–Kier alpha value is -3.19. The molecule has 164 valence electrons. The highest BCUT2D eigenvalue weighted by molar-refractivity contribution is 6.31. The Morgan fingerprint density at radius 3 is 2.35 bits per heavy atom. The first-order chi connectivity index (χ1) is 14.5. The van der Waals surface area contributed by atoms with Gasteiger partial charge in [-0.3, -0.25) is 14.5 Å². The van der Waals surface area contributed by atoms with E-state index in [4.69, 9.17) is 16.3 Å². The largest absolute Gasteiger partial charge is 0.506 e. The lowest BCUT2D eigenvalue weighted by atomic mass is 9.82. The summed E-state index contributed by atoms with van der Waals surface area (Å²) in [6.45, 7) is 7.08. The van der Waals surface area contributed by atoms with Gasteiger partial charge in [0.25, 0.3) is 5.91 Å². The van der Waals surface area contributed by atoms with Gasteiger partial charge in [-0.05, 0) is 42.8 Å². The van der Waals surface area contributed by atoms with E-state index in [1.807, 2.05) is 0 Å². The first-order valence-electron chi connectivity index (χ1n) is 9.73. The molecule has 1 aliphatic rings. The molecular weight excluding hydrogens is 422 g/mol. The maximum atomic E-state index is 13.2. The minimum absolute atomic E-state index is 0.0387. The summed E-state index contributed by atoms with van der Waals surface area (Å²) in [6.07, 6.45) is 0. The number of ketones is 1. The number of Topliss-reactive ketones (excluding diaryl/α,β-unsaturated/α-hetero) is 1. The number of halogens is 1. The minimum Gasteiger partial charge on any atom is -0.506 e. The smallest absolute Gasteiger partial charge is 0.294 e. The molecule has 8 heteroatoms. The van der Waals surface area contributed by atoms with E-state index < -0.39 is 28.9 Å². The summed E-state index contributed by atoms with van der Waals surface area (Å²) in [7, 11) is 0. The number of amides is 1. The standard InChI is InChI=1S/C23H24ClNO6/c1-5-31-17-10-12(6-8-16(17)27)19-18(21(29)23(2,3)4)20(28)22(30)25(19)14-11-13(24)7-9-15(14)26/h6-11,19,26-28H,5H2,1-4H3. The zero-order chi connectivity index (χ0) is 23.1. The Bertz CT molecular complexity index is 1090. The molecule has 3 N–H and O–H groups in total. The second kappa shape index (κ2) is 8.15. The highest BCUT2D eigenvalue weighted by atomic mass is 35.5. The molecule has 1 aliphatic heterocycles. The number of aromatic hydroxyl groups is 2. The van der Waals surface area contributed by atoms with Gasteiger partial charge in [0.05, 0.1) is 23.9 Å². The van der Waals surface area contributed by atoms with Gasteiger partial charge in [-0.25, -0.2) is 0 Å². The number of aliphatic hydroxyl groups excluding tert-OH is 1. The van der Waals surface area contributed by atoms with Crippen molar-refractivity contribution in [1.29, 1.82) is 0 Å². The lowest BCUT2D eigenvalue weighted by Gasteiger charge is -2.29. The van der Waals surface area contributed by atoms with E-state index in [1.54, 1.807) is 27.7 Å². The van der Waals surface area contributed by atoms with Crippen molar-refractivity contribution in [2.24, 2.45) is 5.41 Å². The van der Waals surface area contributed by atoms with Crippen LogP contribution in [-0.4, -0.2) is 33.6 Å². The molecule has 1 unspecified atom stereocenters. The molecule has 0 saturated carbocycles. The molecule has 3 rings (SSSR count). The van der Waals surface area contributed by atoms with Gasteiger partial charge < -0.3 is 20.1 Å². The normalized spacial score (nSPS) is 16.7. The Morgan fingerprint density at radius 1 is 1.10 bits per heavy atom. The fourth-order valence-corrected chi connectivity index (χ4v) is 3.63. The average Bonchev–Trinajstić information content (AvgIpc) is 2.95. The SMILES string of the molecule is CCOc1cc(C2C(C(=O)C(C)(C)C)=C(O)C(=O)N2c2cc(Cl)ccc2O)ccc1O. The summed E-state index contributed by atoms with van der Waals surface area (Å²) >= 11 is 6.09. The Labute approximate surface area is 185 Å². The topological polar surface area (TPSA) is 107 Å². The summed E-state index contributed by atoms with van der Waals surface area (Å²) in [6, 6.07) is 7.50. The van der Waals surface area contributed by atoms with E-state index in [-0.39, 0.29) is 40.1 Å². The molecular formula is C23H24ClNO6. The number of phenols is 2. The fourth-order valence-electron chi connectivity index (χ4n) is 3.47. The number of hydrogen-bond donors (Lipinski definition) is 3. The predicted octanol–water partition coefficient (Wildman–Crippen LogP) is 4.67. The summed E-state index contributed by atoms with van der Waals surface area (Å²) in [5.41, 5.74) is -0.555. The monoisotopic (exact) mass is 445 g/mol. The third kappa shape index (κ3) is 4.05. The van der Waals surface area contributed by atoms with Gasteiger partial charge in [-0.1, -0.05) is 38.4 Å². The lowest BCUT2D eigenvalue weighted by Crippen LogP contribution is -2.33. The summed E-state index contributed by atoms with van der Waals surface area (Å²) in [4.78, 5) is 27.5. The van der Waals surface area contributed by atoms with Gasteiger partial charge in [0.2, 0.25) is 0 Å². The van der Waals surface area contributed by atoms with Gasteiger partial charge in [0, 0.05) is 10.4 Å². The molecule has 0 aliphatic carbocycles. The number of phenolic OH excluding ortho intramolecular Hbond substituents is 2. The number of anilines is 1. The molecule has 2 aromatic rings. The van der Waals surface area contributed by atoms with E-state index in [9.17, 15) is 24.9 Å².